The predicted octanol–water partition coefficient (Wildman–Crippen LogP) is 3.05. The molecule has 3 heteroatoms. The fraction of sp³-hybridized carbons (Fsp3) is 0.333. The summed E-state index contributed by atoms with van der Waals surface area (Å²) >= 11 is 0. The van der Waals surface area contributed by atoms with E-state index in [4.69, 9.17) is 9.47 Å². The third kappa shape index (κ3) is 3.99. The van der Waals surface area contributed by atoms with Crippen molar-refractivity contribution in [1.82, 2.24) is 5.32 Å². The lowest BCUT2D eigenvalue weighted by atomic mass is 10.1. The Morgan fingerprint density at radius 2 is 1.71 bits per heavy atom. The molecule has 2 aromatic carbocycles. The van der Waals surface area contributed by atoms with Gasteiger partial charge in [0.25, 0.3) is 0 Å². The van der Waals surface area contributed by atoms with Crippen LogP contribution in [0.5, 0.6) is 11.5 Å². The molecule has 2 aromatic rings. The Morgan fingerprint density at radius 1 is 0.952 bits per heavy atom. The van der Waals surface area contributed by atoms with E-state index in [2.05, 4.69) is 29.6 Å². The van der Waals surface area contributed by atoms with E-state index in [1.165, 1.54) is 5.56 Å². The van der Waals surface area contributed by atoms with E-state index in [9.17, 15) is 0 Å². The van der Waals surface area contributed by atoms with Gasteiger partial charge in [0, 0.05) is 13.0 Å². The second kappa shape index (κ2) is 7.14. The summed E-state index contributed by atoms with van der Waals surface area (Å²) in [5.74, 6) is 1.70. The quantitative estimate of drug-likeness (QED) is 0.856. The normalized spacial score (nSPS) is 17.2. The van der Waals surface area contributed by atoms with Crippen molar-refractivity contribution in [3.63, 3.8) is 0 Å². The molecule has 0 spiro atoms. The zero-order valence-corrected chi connectivity index (χ0v) is 12.1. The van der Waals surface area contributed by atoms with Crippen molar-refractivity contribution in [1.29, 1.82) is 0 Å². The van der Waals surface area contributed by atoms with E-state index in [1.54, 1.807) is 0 Å². The first kappa shape index (κ1) is 14.0. The molecule has 0 amide bonds. The Kier molecular flexibility index (Phi) is 4.74. The highest BCUT2D eigenvalue weighted by molar-refractivity contribution is 5.40. The number of ether oxygens (including phenoxy) is 2. The summed E-state index contributed by atoms with van der Waals surface area (Å²) in [5, 5.41) is 3.48. The second-order valence-electron chi connectivity index (χ2n) is 5.26. The molecule has 1 unspecified atom stereocenters. The summed E-state index contributed by atoms with van der Waals surface area (Å²) in [6.45, 7) is 2.53. The van der Waals surface area contributed by atoms with Gasteiger partial charge in [0.1, 0.15) is 6.10 Å². The Balaban J connectivity index is 1.45. The standard InChI is InChI=1S/C18H21NO2/c1-2-6-15(7-3-1)10-12-19-14-16-11-13-20-17-8-4-5-9-18(17)21-16/h1-9,16,19H,10-14H2. The van der Waals surface area contributed by atoms with Crippen LogP contribution in [0.25, 0.3) is 0 Å². The molecule has 0 aliphatic carbocycles. The minimum absolute atomic E-state index is 0.171. The molecule has 1 heterocycles. The minimum Gasteiger partial charge on any atom is -0.490 e. The van der Waals surface area contributed by atoms with Crippen LogP contribution in [0, 0.1) is 0 Å². The summed E-state index contributed by atoms with van der Waals surface area (Å²) in [4.78, 5) is 0. The molecule has 0 bridgehead atoms. The maximum atomic E-state index is 6.02. The van der Waals surface area contributed by atoms with E-state index >= 15 is 0 Å². The van der Waals surface area contributed by atoms with Crippen LogP contribution in [-0.2, 0) is 6.42 Å². The van der Waals surface area contributed by atoms with Crippen LogP contribution >= 0.6 is 0 Å². The number of hydrogen-bond donors (Lipinski definition) is 1. The zero-order chi connectivity index (χ0) is 14.3. The molecule has 1 aliphatic rings. The van der Waals surface area contributed by atoms with Crippen molar-refractivity contribution in [2.45, 2.75) is 18.9 Å². The molecule has 110 valence electrons. The highest BCUT2D eigenvalue weighted by atomic mass is 16.5. The summed E-state index contributed by atoms with van der Waals surface area (Å²) in [6, 6.07) is 18.4. The lowest BCUT2D eigenvalue weighted by Crippen LogP contribution is -2.32. The SMILES string of the molecule is c1ccc(CCNCC2CCOc3ccccc3O2)cc1. The van der Waals surface area contributed by atoms with E-state index < -0.39 is 0 Å². The molecule has 1 aliphatic heterocycles. The van der Waals surface area contributed by atoms with Gasteiger partial charge in [0.15, 0.2) is 11.5 Å². The molecule has 3 nitrogen and oxygen atoms in total. The van der Waals surface area contributed by atoms with E-state index in [0.29, 0.717) is 6.61 Å². The van der Waals surface area contributed by atoms with E-state index in [1.807, 2.05) is 30.3 Å². The summed E-state index contributed by atoms with van der Waals surface area (Å²) < 4.78 is 11.7. The monoisotopic (exact) mass is 283 g/mol. The van der Waals surface area contributed by atoms with Crippen molar-refractivity contribution in [3.8, 4) is 11.5 Å². The van der Waals surface area contributed by atoms with Gasteiger partial charge in [-0.15, -0.1) is 0 Å². The highest BCUT2D eigenvalue weighted by Crippen LogP contribution is 2.30. The van der Waals surface area contributed by atoms with Crippen LogP contribution < -0.4 is 14.8 Å². The van der Waals surface area contributed by atoms with Gasteiger partial charge in [-0.05, 0) is 30.7 Å². The Hall–Kier alpha value is -2.00. The number of nitrogens with one attached hydrogen (secondary N) is 1. The molecule has 1 N–H and O–H groups in total. The van der Waals surface area contributed by atoms with Gasteiger partial charge in [-0.3, -0.25) is 0 Å². The van der Waals surface area contributed by atoms with Gasteiger partial charge in [0.2, 0.25) is 0 Å². The largest absolute Gasteiger partial charge is 0.490 e. The molecule has 3 rings (SSSR count). The average Bonchev–Trinajstić information content (AvgIpc) is 2.74. The number of hydrogen-bond acceptors (Lipinski definition) is 3. The van der Waals surface area contributed by atoms with Crippen LogP contribution in [0.15, 0.2) is 54.6 Å². The van der Waals surface area contributed by atoms with Crippen molar-refractivity contribution < 1.29 is 9.47 Å². The third-order valence-corrected chi connectivity index (χ3v) is 3.65. The predicted molar refractivity (Wildman–Crippen MR) is 84.0 cm³/mol. The fourth-order valence-electron chi connectivity index (χ4n) is 2.49. The number of fused-ring (bicyclic) bond motifs is 1. The lowest BCUT2D eigenvalue weighted by molar-refractivity contribution is 0.188. The van der Waals surface area contributed by atoms with Gasteiger partial charge in [-0.1, -0.05) is 42.5 Å². The summed E-state index contributed by atoms with van der Waals surface area (Å²) in [6.07, 6.45) is 2.12. The van der Waals surface area contributed by atoms with Crippen LogP contribution in [-0.4, -0.2) is 25.8 Å². The summed E-state index contributed by atoms with van der Waals surface area (Å²) in [7, 11) is 0. The molecule has 1 atom stereocenters. The fourth-order valence-corrected chi connectivity index (χ4v) is 2.49. The average molecular weight is 283 g/mol. The maximum absolute atomic E-state index is 6.02. The molecule has 21 heavy (non-hydrogen) atoms. The molecule has 0 aromatic heterocycles. The minimum atomic E-state index is 0.171. The van der Waals surface area contributed by atoms with Crippen molar-refractivity contribution in [2.24, 2.45) is 0 Å². The van der Waals surface area contributed by atoms with Crippen LogP contribution in [0.2, 0.25) is 0 Å². The lowest BCUT2D eigenvalue weighted by Gasteiger charge is -2.16. The first-order valence-corrected chi connectivity index (χ1v) is 7.55. The van der Waals surface area contributed by atoms with Gasteiger partial charge >= 0.3 is 0 Å². The van der Waals surface area contributed by atoms with E-state index in [-0.39, 0.29) is 6.10 Å². The first-order valence-electron chi connectivity index (χ1n) is 7.55. The van der Waals surface area contributed by atoms with E-state index in [0.717, 1.165) is 37.4 Å². The Bertz CT molecular complexity index is 556. The van der Waals surface area contributed by atoms with Gasteiger partial charge in [0.05, 0.1) is 6.61 Å². The van der Waals surface area contributed by atoms with Gasteiger partial charge in [-0.2, -0.15) is 0 Å². The Morgan fingerprint density at radius 3 is 2.57 bits per heavy atom. The summed E-state index contributed by atoms with van der Waals surface area (Å²) in [5.41, 5.74) is 1.36. The topological polar surface area (TPSA) is 30.5 Å². The van der Waals surface area contributed by atoms with Crippen molar-refractivity contribution >= 4 is 0 Å². The van der Waals surface area contributed by atoms with Crippen molar-refractivity contribution in [2.75, 3.05) is 19.7 Å². The number of para-hydroxylation sites is 2. The first-order chi connectivity index (χ1) is 10.4. The molecule has 0 radical (unpaired) electrons. The molecular weight excluding hydrogens is 262 g/mol. The van der Waals surface area contributed by atoms with Crippen molar-refractivity contribution in [3.05, 3.63) is 60.2 Å². The second-order valence-corrected chi connectivity index (χ2v) is 5.26. The molecule has 0 saturated carbocycles. The third-order valence-electron chi connectivity index (χ3n) is 3.65. The van der Waals surface area contributed by atoms with Crippen LogP contribution in [0.1, 0.15) is 12.0 Å². The highest BCUT2D eigenvalue weighted by Gasteiger charge is 2.17. The molecule has 0 saturated heterocycles. The molecular formula is C18H21NO2. The smallest absolute Gasteiger partial charge is 0.161 e. The number of rotatable bonds is 5. The van der Waals surface area contributed by atoms with Crippen LogP contribution in [0.4, 0.5) is 0 Å². The maximum Gasteiger partial charge on any atom is 0.161 e. The molecule has 0 fully saturated rings. The van der Waals surface area contributed by atoms with Gasteiger partial charge < -0.3 is 14.8 Å². The van der Waals surface area contributed by atoms with Crippen LogP contribution in [0.3, 0.4) is 0 Å². The van der Waals surface area contributed by atoms with Gasteiger partial charge in [-0.25, -0.2) is 0 Å². The number of benzene rings is 2. The Labute approximate surface area is 125 Å². The zero-order valence-electron chi connectivity index (χ0n) is 12.1.